The zero-order valence-corrected chi connectivity index (χ0v) is 12.2. The lowest BCUT2D eigenvalue weighted by Gasteiger charge is -2.17. The molecule has 1 nitrogen and oxygen atoms in total. The van der Waals surface area contributed by atoms with E-state index >= 15 is 0 Å². The summed E-state index contributed by atoms with van der Waals surface area (Å²) in [7, 11) is 0. The lowest BCUT2D eigenvalue weighted by molar-refractivity contribution is 0.303. The van der Waals surface area contributed by atoms with Gasteiger partial charge >= 0.3 is 0 Å². The van der Waals surface area contributed by atoms with Crippen molar-refractivity contribution in [1.82, 2.24) is 4.90 Å². The second-order valence-electron chi connectivity index (χ2n) is 5.38. The molecule has 0 radical (unpaired) electrons. The van der Waals surface area contributed by atoms with Crippen molar-refractivity contribution in [2.45, 2.75) is 25.8 Å². The number of fused-ring (bicyclic) bond motifs is 1. The zero-order chi connectivity index (χ0) is 11.8. The van der Waals surface area contributed by atoms with Crippen molar-refractivity contribution in [3.05, 3.63) is 33.3 Å². The van der Waals surface area contributed by atoms with Gasteiger partial charge in [0.05, 0.1) is 0 Å². The molecule has 1 aromatic carbocycles. The van der Waals surface area contributed by atoms with Crippen LogP contribution in [0, 0.1) is 11.8 Å². The standard InChI is InChI=1S/C14H17BrClN/c15-13-5-4-12(14(16)6-13)9-17-7-10-2-1-3-11(10)8-17/h4-6,10-11H,1-3,7-9H2. The Labute approximate surface area is 116 Å². The summed E-state index contributed by atoms with van der Waals surface area (Å²) in [4.78, 5) is 2.57. The fourth-order valence-corrected chi connectivity index (χ4v) is 4.09. The van der Waals surface area contributed by atoms with Gasteiger partial charge in [0.15, 0.2) is 0 Å². The topological polar surface area (TPSA) is 3.24 Å². The summed E-state index contributed by atoms with van der Waals surface area (Å²) in [5.41, 5.74) is 1.26. The van der Waals surface area contributed by atoms with Gasteiger partial charge in [0.25, 0.3) is 0 Å². The monoisotopic (exact) mass is 313 g/mol. The van der Waals surface area contributed by atoms with Gasteiger partial charge in [0.1, 0.15) is 0 Å². The van der Waals surface area contributed by atoms with Crippen LogP contribution in [0.5, 0.6) is 0 Å². The van der Waals surface area contributed by atoms with E-state index in [1.807, 2.05) is 6.07 Å². The first-order valence-corrected chi connectivity index (χ1v) is 7.56. The molecule has 3 heteroatoms. The van der Waals surface area contributed by atoms with E-state index in [9.17, 15) is 0 Å². The molecular weight excluding hydrogens is 298 g/mol. The minimum Gasteiger partial charge on any atom is -0.298 e. The summed E-state index contributed by atoms with van der Waals surface area (Å²) in [6, 6.07) is 6.21. The molecule has 92 valence electrons. The third-order valence-corrected chi connectivity index (χ3v) is 5.06. The van der Waals surface area contributed by atoms with E-state index in [2.05, 4.69) is 33.0 Å². The smallest absolute Gasteiger partial charge is 0.0462 e. The van der Waals surface area contributed by atoms with Gasteiger partial charge < -0.3 is 0 Å². The molecule has 0 N–H and O–H groups in total. The predicted molar refractivity (Wildman–Crippen MR) is 75.3 cm³/mol. The summed E-state index contributed by atoms with van der Waals surface area (Å²) in [5.74, 6) is 1.92. The Bertz CT molecular complexity index is 409. The number of benzene rings is 1. The molecule has 1 aromatic rings. The number of rotatable bonds is 2. The average molecular weight is 315 g/mol. The van der Waals surface area contributed by atoms with Gasteiger partial charge in [-0.15, -0.1) is 0 Å². The highest BCUT2D eigenvalue weighted by Gasteiger charge is 2.35. The van der Waals surface area contributed by atoms with Gasteiger partial charge in [-0.05, 0) is 42.4 Å². The quantitative estimate of drug-likeness (QED) is 0.785. The van der Waals surface area contributed by atoms with E-state index in [-0.39, 0.29) is 0 Å². The van der Waals surface area contributed by atoms with Crippen molar-refractivity contribution in [3.63, 3.8) is 0 Å². The largest absolute Gasteiger partial charge is 0.298 e. The Hall–Kier alpha value is -0.0500. The SMILES string of the molecule is Clc1cc(Br)ccc1CN1CC2CCCC2C1. The molecule has 0 spiro atoms. The van der Waals surface area contributed by atoms with Crippen LogP contribution in [0.25, 0.3) is 0 Å². The second-order valence-corrected chi connectivity index (χ2v) is 6.70. The zero-order valence-electron chi connectivity index (χ0n) is 9.83. The van der Waals surface area contributed by atoms with Crippen molar-refractivity contribution < 1.29 is 0 Å². The molecule has 2 fully saturated rings. The second kappa shape index (κ2) is 4.91. The van der Waals surface area contributed by atoms with E-state index in [0.717, 1.165) is 27.9 Å². The van der Waals surface area contributed by atoms with Gasteiger partial charge in [-0.1, -0.05) is 40.0 Å². The normalized spacial score (nSPS) is 28.6. The third kappa shape index (κ3) is 2.54. The van der Waals surface area contributed by atoms with E-state index in [0.29, 0.717) is 0 Å². The molecule has 1 saturated carbocycles. The van der Waals surface area contributed by atoms with Crippen LogP contribution in [0.1, 0.15) is 24.8 Å². The van der Waals surface area contributed by atoms with Crippen molar-refractivity contribution in [2.75, 3.05) is 13.1 Å². The Morgan fingerprint density at radius 3 is 2.59 bits per heavy atom. The van der Waals surface area contributed by atoms with Crippen LogP contribution in [0.3, 0.4) is 0 Å². The summed E-state index contributed by atoms with van der Waals surface area (Å²) < 4.78 is 1.06. The maximum atomic E-state index is 6.27. The first-order valence-electron chi connectivity index (χ1n) is 6.38. The molecule has 17 heavy (non-hydrogen) atoms. The van der Waals surface area contributed by atoms with Crippen LogP contribution in [0.4, 0.5) is 0 Å². The van der Waals surface area contributed by atoms with Crippen LogP contribution in [-0.4, -0.2) is 18.0 Å². The lowest BCUT2D eigenvalue weighted by atomic mass is 10.0. The van der Waals surface area contributed by atoms with Crippen LogP contribution in [0.2, 0.25) is 5.02 Å². The highest BCUT2D eigenvalue weighted by molar-refractivity contribution is 9.10. The lowest BCUT2D eigenvalue weighted by Crippen LogP contribution is -2.21. The summed E-state index contributed by atoms with van der Waals surface area (Å²) in [5, 5.41) is 0.886. The molecule has 0 aromatic heterocycles. The average Bonchev–Trinajstić information content (AvgIpc) is 2.82. The molecule has 2 aliphatic rings. The third-order valence-electron chi connectivity index (χ3n) is 4.21. The molecule has 0 bridgehead atoms. The van der Waals surface area contributed by atoms with Crippen LogP contribution < -0.4 is 0 Å². The van der Waals surface area contributed by atoms with Gasteiger partial charge in [0.2, 0.25) is 0 Å². The van der Waals surface area contributed by atoms with Gasteiger partial charge in [-0.2, -0.15) is 0 Å². The summed E-state index contributed by atoms with van der Waals surface area (Å²) >= 11 is 9.72. The minimum atomic E-state index is 0.886. The number of nitrogens with zero attached hydrogens (tertiary/aromatic N) is 1. The number of hydrogen-bond donors (Lipinski definition) is 0. The Kier molecular flexibility index (Phi) is 3.47. The van der Waals surface area contributed by atoms with Crippen LogP contribution in [0.15, 0.2) is 22.7 Å². The van der Waals surface area contributed by atoms with Crippen molar-refractivity contribution in [1.29, 1.82) is 0 Å². The Morgan fingerprint density at radius 2 is 1.94 bits per heavy atom. The van der Waals surface area contributed by atoms with E-state index < -0.39 is 0 Å². The minimum absolute atomic E-state index is 0.886. The first kappa shape index (κ1) is 12.0. The van der Waals surface area contributed by atoms with Crippen LogP contribution >= 0.6 is 27.5 Å². The van der Waals surface area contributed by atoms with E-state index in [1.165, 1.54) is 37.9 Å². The molecular formula is C14H17BrClN. The molecule has 0 amide bonds. The van der Waals surface area contributed by atoms with Crippen molar-refractivity contribution in [3.8, 4) is 0 Å². The summed E-state index contributed by atoms with van der Waals surface area (Å²) in [6.07, 6.45) is 4.33. The first-order chi connectivity index (χ1) is 8.22. The fraction of sp³-hybridized carbons (Fsp3) is 0.571. The molecule has 3 rings (SSSR count). The predicted octanol–water partition coefficient (Wildman–Crippen LogP) is 4.33. The fourth-order valence-electron chi connectivity index (χ4n) is 3.35. The molecule has 2 atom stereocenters. The maximum Gasteiger partial charge on any atom is 0.0462 e. The van der Waals surface area contributed by atoms with Crippen molar-refractivity contribution in [2.24, 2.45) is 11.8 Å². The molecule has 2 unspecified atom stereocenters. The highest BCUT2D eigenvalue weighted by atomic mass is 79.9. The molecule has 1 saturated heterocycles. The van der Waals surface area contributed by atoms with Gasteiger partial charge in [-0.3, -0.25) is 4.90 Å². The van der Waals surface area contributed by atoms with Gasteiger partial charge in [0, 0.05) is 29.1 Å². The van der Waals surface area contributed by atoms with E-state index in [4.69, 9.17) is 11.6 Å². The molecule has 1 heterocycles. The highest BCUT2D eigenvalue weighted by Crippen LogP contribution is 2.38. The molecule has 1 aliphatic heterocycles. The molecule has 1 aliphatic carbocycles. The number of likely N-dealkylation sites (tertiary alicyclic amines) is 1. The Morgan fingerprint density at radius 1 is 1.24 bits per heavy atom. The van der Waals surface area contributed by atoms with Gasteiger partial charge in [-0.25, -0.2) is 0 Å². The summed E-state index contributed by atoms with van der Waals surface area (Å²) in [6.45, 7) is 3.56. The van der Waals surface area contributed by atoms with Crippen molar-refractivity contribution >= 4 is 27.5 Å². The van der Waals surface area contributed by atoms with Crippen LogP contribution in [-0.2, 0) is 6.54 Å². The van der Waals surface area contributed by atoms with E-state index in [1.54, 1.807) is 0 Å². The number of halogens is 2. The maximum absolute atomic E-state index is 6.27. The Balaban J connectivity index is 1.67. The number of hydrogen-bond acceptors (Lipinski definition) is 1.